The molecule has 0 bridgehead atoms. The summed E-state index contributed by atoms with van der Waals surface area (Å²) < 4.78 is 5.50. The number of nitrogens with zero attached hydrogens (tertiary/aromatic N) is 1. The van der Waals surface area contributed by atoms with Gasteiger partial charge in [0.25, 0.3) is 0 Å². The quantitative estimate of drug-likeness (QED) is 0.847. The molecule has 1 fully saturated rings. The largest absolute Gasteiger partial charge is 0.437 e. The van der Waals surface area contributed by atoms with E-state index in [1.54, 1.807) is 6.08 Å². The number of oxazole rings is 1. The third-order valence-corrected chi connectivity index (χ3v) is 4.22. The lowest BCUT2D eigenvalue weighted by Crippen LogP contribution is -2.60. The summed E-state index contributed by atoms with van der Waals surface area (Å²) >= 11 is 0. The van der Waals surface area contributed by atoms with Crippen LogP contribution in [0.15, 0.2) is 34.8 Å². The fourth-order valence-electron chi connectivity index (χ4n) is 2.48. The van der Waals surface area contributed by atoms with Crippen molar-refractivity contribution in [2.75, 3.05) is 0 Å². The van der Waals surface area contributed by atoms with E-state index >= 15 is 0 Å². The van der Waals surface area contributed by atoms with Crippen LogP contribution >= 0.6 is 0 Å². The van der Waals surface area contributed by atoms with E-state index in [1.807, 2.05) is 38.1 Å². The van der Waals surface area contributed by atoms with Gasteiger partial charge in [0.2, 0.25) is 11.8 Å². The summed E-state index contributed by atoms with van der Waals surface area (Å²) in [4.78, 5) is 16.1. The van der Waals surface area contributed by atoms with Crippen LogP contribution in [-0.2, 0) is 4.79 Å². The molecule has 2 aromatic rings. The number of hydrogen-bond acceptors (Lipinski definition) is 4. The van der Waals surface area contributed by atoms with E-state index in [1.165, 1.54) is 6.08 Å². The Kier molecular flexibility index (Phi) is 3.29. The van der Waals surface area contributed by atoms with Crippen molar-refractivity contribution in [2.24, 2.45) is 5.41 Å². The number of para-hydroxylation sites is 2. The minimum Gasteiger partial charge on any atom is -0.437 e. The fourth-order valence-corrected chi connectivity index (χ4v) is 2.48. The first-order valence-electron chi connectivity index (χ1n) is 6.99. The second kappa shape index (κ2) is 5.00. The van der Waals surface area contributed by atoms with Gasteiger partial charge in [-0.2, -0.15) is 0 Å². The van der Waals surface area contributed by atoms with Crippen molar-refractivity contribution in [1.29, 1.82) is 0 Å². The van der Waals surface area contributed by atoms with Crippen molar-refractivity contribution in [3.8, 4) is 0 Å². The Morgan fingerprint density at radius 3 is 2.90 bits per heavy atom. The summed E-state index contributed by atoms with van der Waals surface area (Å²) in [7, 11) is 0. The van der Waals surface area contributed by atoms with Crippen molar-refractivity contribution in [1.82, 2.24) is 10.3 Å². The highest BCUT2D eigenvalue weighted by molar-refractivity contribution is 5.91. The van der Waals surface area contributed by atoms with Gasteiger partial charge in [0.15, 0.2) is 5.58 Å². The molecule has 5 nitrogen and oxygen atoms in total. The summed E-state index contributed by atoms with van der Waals surface area (Å²) in [6.45, 7) is 3.88. The van der Waals surface area contributed by atoms with Gasteiger partial charge in [0.05, 0.1) is 6.10 Å². The van der Waals surface area contributed by atoms with E-state index in [2.05, 4.69) is 10.3 Å². The average molecular weight is 286 g/mol. The van der Waals surface area contributed by atoms with Crippen LogP contribution in [0.25, 0.3) is 17.2 Å². The van der Waals surface area contributed by atoms with Crippen molar-refractivity contribution in [3.05, 3.63) is 36.2 Å². The zero-order valence-electron chi connectivity index (χ0n) is 12.0. The number of fused-ring (bicyclic) bond motifs is 1. The van der Waals surface area contributed by atoms with E-state index in [-0.39, 0.29) is 23.5 Å². The van der Waals surface area contributed by atoms with E-state index in [4.69, 9.17) is 4.42 Å². The number of nitrogens with one attached hydrogen (secondary N) is 1. The molecule has 1 heterocycles. The SMILES string of the molecule is CC1(C)C(O)CC1NC(=O)/C=C/c1nc2ccccc2o1. The maximum atomic E-state index is 11.9. The summed E-state index contributed by atoms with van der Waals surface area (Å²) in [6, 6.07) is 7.44. The van der Waals surface area contributed by atoms with Crippen LogP contribution in [0.4, 0.5) is 0 Å². The zero-order valence-corrected chi connectivity index (χ0v) is 12.0. The van der Waals surface area contributed by atoms with Crippen LogP contribution in [0, 0.1) is 5.41 Å². The first-order chi connectivity index (χ1) is 9.96. The highest BCUT2D eigenvalue weighted by atomic mass is 16.3. The van der Waals surface area contributed by atoms with Crippen LogP contribution in [0.1, 0.15) is 26.2 Å². The highest BCUT2D eigenvalue weighted by Gasteiger charge is 2.47. The predicted octanol–water partition coefficient (Wildman–Crippen LogP) is 2.12. The number of aliphatic hydroxyl groups excluding tert-OH is 1. The number of amides is 1. The third kappa shape index (κ3) is 2.56. The Labute approximate surface area is 122 Å². The van der Waals surface area contributed by atoms with Gasteiger partial charge in [-0.05, 0) is 18.6 Å². The second-order valence-corrected chi connectivity index (χ2v) is 5.99. The first-order valence-corrected chi connectivity index (χ1v) is 6.99. The van der Waals surface area contributed by atoms with Gasteiger partial charge < -0.3 is 14.8 Å². The normalized spacial score (nSPS) is 24.1. The summed E-state index contributed by atoms with van der Waals surface area (Å²) in [5.41, 5.74) is 1.18. The fraction of sp³-hybridized carbons (Fsp3) is 0.375. The van der Waals surface area contributed by atoms with Crippen LogP contribution in [0.3, 0.4) is 0 Å². The topological polar surface area (TPSA) is 75.4 Å². The molecular formula is C16H18N2O3. The van der Waals surface area contributed by atoms with E-state index < -0.39 is 0 Å². The van der Waals surface area contributed by atoms with Gasteiger partial charge in [0, 0.05) is 23.6 Å². The van der Waals surface area contributed by atoms with E-state index in [0.717, 1.165) is 5.52 Å². The molecule has 1 amide bonds. The minimum atomic E-state index is -0.358. The van der Waals surface area contributed by atoms with E-state index in [0.29, 0.717) is 17.9 Å². The third-order valence-electron chi connectivity index (χ3n) is 4.22. The molecule has 21 heavy (non-hydrogen) atoms. The standard InChI is InChI=1S/C16H18N2O3/c1-16(2)12(9-13(16)19)18-14(20)7-8-15-17-10-5-3-4-6-11(10)21-15/h3-8,12-13,19H,9H2,1-2H3,(H,18,20)/b8-7+. The van der Waals surface area contributed by atoms with Crippen LogP contribution in [-0.4, -0.2) is 28.1 Å². The van der Waals surface area contributed by atoms with Crippen molar-refractivity contribution in [3.63, 3.8) is 0 Å². The molecule has 110 valence electrons. The molecule has 0 radical (unpaired) electrons. The van der Waals surface area contributed by atoms with Gasteiger partial charge in [0.1, 0.15) is 5.52 Å². The van der Waals surface area contributed by atoms with Crippen molar-refractivity contribution < 1.29 is 14.3 Å². The molecule has 2 unspecified atom stereocenters. The Hall–Kier alpha value is -2.14. The number of aromatic nitrogens is 1. The molecule has 1 aromatic carbocycles. The number of carbonyl (C=O) groups is 1. The summed E-state index contributed by atoms with van der Waals surface area (Å²) in [5.74, 6) is 0.196. The Morgan fingerprint density at radius 2 is 2.24 bits per heavy atom. The van der Waals surface area contributed by atoms with Crippen LogP contribution in [0.5, 0.6) is 0 Å². The number of aliphatic hydroxyl groups is 1. The number of benzene rings is 1. The van der Waals surface area contributed by atoms with Gasteiger partial charge in [-0.25, -0.2) is 4.98 Å². The number of rotatable bonds is 3. The van der Waals surface area contributed by atoms with Crippen molar-refractivity contribution >= 4 is 23.1 Å². The number of carbonyl (C=O) groups excluding carboxylic acids is 1. The molecule has 1 aromatic heterocycles. The maximum Gasteiger partial charge on any atom is 0.244 e. The zero-order chi connectivity index (χ0) is 15.0. The molecule has 1 saturated carbocycles. The molecule has 0 spiro atoms. The molecule has 2 atom stereocenters. The predicted molar refractivity (Wildman–Crippen MR) is 79.4 cm³/mol. The molecule has 3 rings (SSSR count). The van der Waals surface area contributed by atoms with Crippen LogP contribution < -0.4 is 5.32 Å². The molecule has 5 heteroatoms. The summed E-state index contributed by atoms with van der Waals surface area (Å²) in [6.07, 6.45) is 3.20. The van der Waals surface area contributed by atoms with Gasteiger partial charge >= 0.3 is 0 Å². The Balaban J connectivity index is 1.64. The number of hydrogen-bond donors (Lipinski definition) is 2. The van der Waals surface area contributed by atoms with Gasteiger partial charge in [-0.3, -0.25) is 4.79 Å². The van der Waals surface area contributed by atoms with E-state index in [9.17, 15) is 9.90 Å². The smallest absolute Gasteiger partial charge is 0.244 e. The Morgan fingerprint density at radius 1 is 1.48 bits per heavy atom. The Bertz CT molecular complexity index is 669. The molecule has 0 aliphatic heterocycles. The molecule has 1 aliphatic rings. The average Bonchev–Trinajstić information content (AvgIpc) is 2.87. The lowest BCUT2D eigenvalue weighted by molar-refractivity contribution is -0.124. The highest BCUT2D eigenvalue weighted by Crippen LogP contribution is 2.40. The molecule has 0 saturated heterocycles. The van der Waals surface area contributed by atoms with Crippen LogP contribution in [0.2, 0.25) is 0 Å². The van der Waals surface area contributed by atoms with Gasteiger partial charge in [-0.1, -0.05) is 26.0 Å². The first kappa shape index (κ1) is 13.8. The monoisotopic (exact) mass is 286 g/mol. The minimum absolute atomic E-state index is 0.00622. The summed E-state index contributed by atoms with van der Waals surface area (Å²) in [5, 5.41) is 12.5. The second-order valence-electron chi connectivity index (χ2n) is 5.99. The van der Waals surface area contributed by atoms with Gasteiger partial charge in [-0.15, -0.1) is 0 Å². The lowest BCUT2D eigenvalue weighted by atomic mass is 9.64. The maximum absolute atomic E-state index is 11.9. The lowest BCUT2D eigenvalue weighted by Gasteiger charge is -2.49. The molecule has 2 N–H and O–H groups in total. The molecular weight excluding hydrogens is 268 g/mol. The van der Waals surface area contributed by atoms with Crippen molar-refractivity contribution in [2.45, 2.75) is 32.4 Å². The molecule has 1 aliphatic carbocycles.